The molecule has 0 aliphatic heterocycles. The summed E-state index contributed by atoms with van der Waals surface area (Å²) in [6.07, 6.45) is 0.376. The Labute approximate surface area is 165 Å². The Balaban J connectivity index is 1.72. The number of carbonyl (C=O) groups is 2. The molecule has 0 spiro atoms. The van der Waals surface area contributed by atoms with Gasteiger partial charge in [-0.15, -0.1) is 0 Å². The highest BCUT2D eigenvalue weighted by atomic mass is 16.5. The lowest BCUT2D eigenvalue weighted by atomic mass is 10.0. The molecule has 0 heterocycles. The Kier molecular flexibility index (Phi) is 6.22. The van der Waals surface area contributed by atoms with Gasteiger partial charge in [-0.25, -0.2) is 4.79 Å². The van der Waals surface area contributed by atoms with Crippen molar-refractivity contribution in [3.05, 3.63) is 95.6 Å². The molecule has 0 aliphatic carbocycles. The van der Waals surface area contributed by atoms with Gasteiger partial charge in [0.15, 0.2) is 0 Å². The van der Waals surface area contributed by atoms with E-state index in [1.807, 2.05) is 73.7 Å². The van der Waals surface area contributed by atoms with Crippen LogP contribution in [-0.4, -0.2) is 25.0 Å². The maximum atomic E-state index is 12.6. The van der Waals surface area contributed by atoms with Gasteiger partial charge in [0.25, 0.3) is 5.91 Å². The zero-order chi connectivity index (χ0) is 19.9. The fourth-order valence-electron chi connectivity index (χ4n) is 2.98. The van der Waals surface area contributed by atoms with Crippen molar-refractivity contribution in [1.82, 2.24) is 5.32 Å². The van der Waals surface area contributed by atoms with E-state index in [2.05, 4.69) is 5.32 Å². The van der Waals surface area contributed by atoms with Gasteiger partial charge in [-0.1, -0.05) is 72.3 Å². The first-order valence-corrected chi connectivity index (χ1v) is 9.16. The fourth-order valence-corrected chi connectivity index (χ4v) is 2.98. The van der Waals surface area contributed by atoms with Gasteiger partial charge < -0.3 is 10.1 Å². The zero-order valence-electron chi connectivity index (χ0n) is 16.0. The molecule has 4 heteroatoms. The second-order valence-corrected chi connectivity index (χ2v) is 6.68. The quantitative estimate of drug-likeness (QED) is 0.660. The SMILES string of the molecule is COC(=O)[C@@H](Cc1ccc(C)cc1)NC(=O)c1ccc(-c2ccccc2)cc1. The third kappa shape index (κ3) is 4.86. The van der Waals surface area contributed by atoms with E-state index in [-0.39, 0.29) is 5.91 Å². The van der Waals surface area contributed by atoms with Crippen molar-refractivity contribution in [2.45, 2.75) is 19.4 Å². The number of hydrogen-bond acceptors (Lipinski definition) is 3. The third-order valence-corrected chi connectivity index (χ3v) is 4.61. The van der Waals surface area contributed by atoms with Crippen LogP contribution in [0.15, 0.2) is 78.9 Å². The van der Waals surface area contributed by atoms with Gasteiger partial charge in [0, 0.05) is 12.0 Å². The van der Waals surface area contributed by atoms with Crippen molar-refractivity contribution in [2.75, 3.05) is 7.11 Å². The highest BCUT2D eigenvalue weighted by Crippen LogP contribution is 2.19. The van der Waals surface area contributed by atoms with Crippen molar-refractivity contribution < 1.29 is 14.3 Å². The molecule has 0 aromatic heterocycles. The molecule has 4 nitrogen and oxygen atoms in total. The molecular weight excluding hydrogens is 350 g/mol. The van der Waals surface area contributed by atoms with Gasteiger partial charge in [0.2, 0.25) is 0 Å². The Morgan fingerprint density at radius 2 is 1.46 bits per heavy atom. The van der Waals surface area contributed by atoms with Crippen LogP contribution in [0.4, 0.5) is 0 Å². The number of esters is 1. The third-order valence-electron chi connectivity index (χ3n) is 4.61. The minimum Gasteiger partial charge on any atom is -0.467 e. The molecule has 0 bridgehead atoms. The highest BCUT2D eigenvalue weighted by molar-refractivity contribution is 5.97. The highest BCUT2D eigenvalue weighted by Gasteiger charge is 2.22. The predicted octanol–water partition coefficient (Wildman–Crippen LogP) is 4.18. The maximum absolute atomic E-state index is 12.6. The van der Waals surface area contributed by atoms with E-state index < -0.39 is 12.0 Å². The lowest BCUT2D eigenvalue weighted by Gasteiger charge is -2.17. The second-order valence-electron chi connectivity index (χ2n) is 6.68. The van der Waals surface area contributed by atoms with E-state index in [1.165, 1.54) is 7.11 Å². The first kappa shape index (κ1) is 19.4. The molecule has 0 fully saturated rings. The normalized spacial score (nSPS) is 11.5. The molecule has 3 rings (SSSR count). The first-order chi connectivity index (χ1) is 13.6. The van der Waals surface area contributed by atoms with Crippen LogP contribution in [0.3, 0.4) is 0 Å². The molecular formula is C24H23NO3. The molecule has 0 saturated carbocycles. The fraction of sp³-hybridized carbons (Fsp3) is 0.167. The predicted molar refractivity (Wildman–Crippen MR) is 110 cm³/mol. The second kappa shape index (κ2) is 9.00. The van der Waals surface area contributed by atoms with Crippen molar-refractivity contribution >= 4 is 11.9 Å². The summed E-state index contributed by atoms with van der Waals surface area (Å²) in [7, 11) is 1.32. The summed E-state index contributed by atoms with van der Waals surface area (Å²) >= 11 is 0. The van der Waals surface area contributed by atoms with Crippen molar-refractivity contribution in [1.29, 1.82) is 0 Å². The van der Waals surface area contributed by atoms with E-state index in [9.17, 15) is 9.59 Å². The van der Waals surface area contributed by atoms with Gasteiger partial charge >= 0.3 is 5.97 Å². The van der Waals surface area contributed by atoms with Gasteiger partial charge in [-0.05, 0) is 35.7 Å². The number of methoxy groups -OCH3 is 1. The summed E-state index contributed by atoms with van der Waals surface area (Å²) in [6, 6.07) is 24.4. The van der Waals surface area contributed by atoms with Gasteiger partial charge in [-0.2, -0.15) is 0 Å². The van der Waals surface area contributed by atoms with Crippen LogP contribution in [-0.2, 0) is 16.0 Å². The Morgan fingerprint density at radius 3 is 2.07 bits per heavy atom. The van der Waals surface area contributed by atoms with Gasteiger partial charge in [0.1, 0.15) is 6.04 Å². The summed E-state index contributed by atoms with van der Waals surface area (Å²) in [5, 5.41) is 2.79. The number of rotatable bonds is 6. The number of carbonyl (C=O) groups excluding carboxylic acids is 2. The average molecular weight is 373 g/mol. The van der Waals surface area contributed by atoms with Crippen LogP contribution in [0, 0.1) is 6.92 Å². The van der Waals surface area contributed by atoms with Crippen molar-refractivity contribution in [3.8, 4) is 11.1 Å². The minimum atomic E-state index is -0.742. The average Bonchev–Trinajstić information content (AvgIpc) is 2.75. The summed E-state index contributed by atoms with van der Waals surface area (Å²) in [5.74, 6) is -0.767. The molecule has 28 heavy (non-hydrogen) atoms. The molecule has 0 aliphatic rings. The van der Waals surface area contributed by atoms with Crippen LogP contribution in [0.1, 0.15) is 21.5 Å². The Morgan fingerprint density at radius 1 is 0.857 bits per heavy atom. The summed E-state index contributed by atoms with van der Waals surface area (Å²) < 4.78 is 4.87. The van der Waals surface area contributed by atoms with Gasteiger partial charge in [-0.3, -0.25) is 4.79 Å². The number of hydrogen-bond donors (Lipinski definition) is 1. The molecule has 3 aromatic rings. The summed E-state index contributed by atoms with van der Waals surface area (Å²) in [5.41, 5.74) is 4.71. The van der Waals surface area contributed by atoms with Crippen LogP contribution in [0.2, 0.25) is 0 Å². The molecule has 142 valence electrons. The Bertz CT molecular complexity index is 932. The van der Waals surface area contributed by atoms with E-state index in [0.717, 1.165) is 22.3 Å². The molecule has 1 N–H and O–H groups in total. The van der Waals surface area contributed by atoms with Crippen molar-refractivity contribution in [2.24, 2.45) is 0 Å². The number of amides is 1. The molecule has 0 radical (unpaired) electrons. The van der Waals surface area contributed by atoms with Crippen molar-refractivity contribution in [3.63, 3.8) is 0 Å². The van der Waals surface area contributed by atoms with E-state index in [1.54, 1.807) is 12.1 Å². The lowest BCUT2D eigenvalue weighted by molar-refractivity contribution is -0.142. The van der Waals surface area contributed by atoms with Crippen LogP contribution in [0.25, 0.3) is 11.1 Å². The number of benzene rings is 3. The Hall–Kier alpha value is -3.40. The molecule has 1 atom stereocenters. The standard InChI is InChI=1S/C24H23NO3/c1-17-8-10-18(11-9-17)16-22(24(27)28-2)25-23(26)21-14-12-20(13-15-21)19-6-4-3-5-7-19/h3-15,22H,16H2,1-2H3,(H,25,26)/t22-/m1/s1. The topological polar surface area (TPSA) is 55.4 Å². The molecule has 0 saturated heterocycles. The van der Waals surface area contributed by atoms with E-state index in [4.69, 9.17) is 4.74 Å². The first-order valence-electron chi connectivity index (χ1n) is 9.16. The van der Waals surface area contributed by atoms with Crippen LogP contribution in [0.5, 0.6) is 0 Å². The maximum Gasteiger partial charge on any atom is 0.328 e. The molecule has 0 unspecified atom stereocenters. The number of nitrogens with one attached hydrogen (secondary N) is 1. The molecule has 3 aromatic carbocycles. The van der Waals surface area contributed by atoms with Crippen LogP contribution >= 0.6 is 0 Å². The van der Waals surface area contributed by atoms with E-state index >= 15 is 0 Å². The van der Waals surface area contributed by atoms with Crippen LogP contribution < -0.4 is 5.32 Å². The smallest absolute Gasteiger partial charge is 0.328 e. The number of ether oxygens (including phenoxy) is 1. The summed E-state index contributed by atoms with van der Waals surface area (Å²) in [4.78, 5) is 24.8. The monoisotopic (exact) mass is 373 g/mol. The number of aryl methyl sites for hydroxylation is 1. The van der Waals surface area contributed by atoms with Gasteiger partial charge in [0.05, 0.1) is 7.11 Å². The molecule has 1 amide bonds. The zero-order valence-corrected chi connectivity index (χ0v) is 16.0. The minimum absolute atomic E-state index is 0.304. The lowest BCUT2D eigenvalue weighted by Crippen LogP contribution is -2.43. The summed E-state index contributed by atoms with van der Waals surface area (Å²) in [6.45, 7) is 2.00. The largest absolute Gasteiger partial charge is 0.467 e. The van der Waals surface area contributed by atoms with E-state index in [0.29, 0.717) is 12.0 Å².